The highest BCUT2D eigenvalue weighted by molar-refractivity contribution is 6.00. The number of rotatable bonds is 7. The normalized spacial score (nSPS) is 14.0. The first-order valence-corrected chi connectivity index (χ1v) is 12.2. The molecule has 36 heavy (non-hydrogen) atoms. The average molecular weight is 482 g/mol. The van der Waals surface area contributed by atoms with Crippen LogP contribution < -0.4 is 15.1 Å². The molecule has 184 valence electrons. The number of nitrogens with zero attached hydrogens (tertiary/aromatic N) is 4. The maximum atomic E-state index is 13.0. The Labute approximate surface area is 211 Å². The number of pyridine rings is 1. The molecule has 1 saturated heterocycles. The van der Waals surface area contributed by atoms with E-state index in [2.05, 4.69) is 57.5 Å². The zero-order valence-electron chi connectivity index (χ0n) is 20.7. The number of anilines is 1. The molecule has 2 aromatic heterocycles. The van der Waals surface area contributed by atoms with Crippen molar-refractivity contribution in [2.75, 3.05) is 43.6 Å². The molecule has 4 aromatic rings. The van der Waals surface area contributed by atoms with Gasteiger partial charge in [-0.15, -0.1) is 0 Å². The van der Waals surface area contributed by atoms with Crippen LogP contribution in [0.15, 0.2) is 85.2 Å². The number of para-hydroxylation sites is 2. The van der Waals surface area contributed by atoms with Crippen LogP contribution >= 0.6 is 0 Å². The topological polar surface area (TPSA) is 62.6 Å². The van der Waals surface area contributed by atoms with E-state index >= 15 is 0 Å². The van der Waals surface area contributed by atoms with Gasteiger partial charge in [-0.05, 0) is 42.8 Å². The van der Waals surface area contributed by atoms with E-state index < -0.39 is 0 Å². The second-order valence-corrected chi connectivity index (χ2v) is 8.95. The molecule has 0 saturated carbocycles. The van der Waals surface area contributed by atoms with Crippen LogP contribution in [0.1, 0.15) is 21.6 Å². The first kappa shape index (κ1) is 23.6. The van der Waals surface area contributed by atoms with Crippen LogP contribution in [0.3, 0.4) is 0 Å². The Morgan fingerprint density at radius 2 is 1.64 bits per heavy atom. The second kappa shape index (κ2) is 10.7. The molecule has 0 bridgehead atoms. The van der Waals surface area contributed by atoms with Crippen LogP contribution in [0.4, 0.5) is 5.69 Å². The summed E-state index contributed by atoms with van der Waals surface area (Å²) in [6, 6.07) is 24.0. The molecule has 0 aliphatic carbocycles. The van der Waals surface area contributed by atoms with E-state index in [1.54, 1.807) is 31.6 Å². The Morgan fingerprint density at radius 1 is 0.944 bits per heavy atom. The zero-order valence-corrected chi connectivity index (χ0v) is 20.7. The molecule has 1 aliphatic rings. The fourth-order valence-electron chi connectivity index (χ4n) is 4.73. The largest absolute Gasteiger partial charge is 0.495 e. The summed E-state index contributed by atoms with van der Waals surface area (Å²) in [5, 5.41) is 0. The van der Waals surface area contributed by atoms with Gasteiger partial charge in [-0.1, -0.05) is 42.5 Å². The Morgan fingerprint density at radius 3 is 2.36 bits per heavy atom. The molecule has 0 radical (unpaired) electrons. The fraction of sp³-hybridized carbons (Fsp3) is 0.241. The predicted molar refractivity (Wildman–Crippen MR) is 143 cm³/mol. The molecular formula is C29H31N5O2. The maximum absolute atomic E-state index is 13.0. The van der Waals surface area contributed by atoms with Gasteiger partial charge in [-0.25, -0.2) is 0 Å². The minimum absolute atomic E-state index is 0.162. The number of benzene rings is 2. The number of ether oxygens (including phenoxy) is 1. The van der Waals surface area contributed by atoms with Crippen molar-refractivity contribution in [2.24, 2.45) is 0 Å². The summed E-state index contributed by atoms with van der Waals surface area (Å²) in [5.41, 5.74) is 9.09. The molecule has 3 heterocycles. The molecule has 1 N–H and O–H groups in total. The van der Waals surface area contributed by atoms with E-state index in [0.29, 0.717) is 5.56 Å². The number of piperazine rings is 1. The number of methoxy groups -OCH3 is 1. The van der Waals surface area contributed by atoms with Crippen LogP contribution in [0.5, 0.6) is 5.75 Å². The van der Waals surface area contributed by atoms with Crippen LogP contribution in [0.2, 0.25) is 0 Å². The molecule has 1 amide bonds. The highest BCUT2D eigenvalue weighted by Gasteiger charge is 2.22. The summed E-state index contributed by atoms with van der Waals surface area (Å²) >= 11 is 0. The smallest absolute Gasteiger partial charge is 0.270 e. The van der Waals surface area contributed by atoms with Gasteiger partial charge in [0.25, 0.3) is 5.91 Å². The quantitative estimate of drug-likeness (QED) is 0.419. The number of carbonyl (C=O) groups is 1. The molecule has 0 spiro atoms. The van der Waals surface area contributed by atoms with Crippen LogP contribution in [0.25, 0.3) is 11.3 Å². The summed E-state index contributed by atoms with van der Waals surface area (Å²) in [6.45, 7) is 6.66. The molecule has 2 aromatic carbocycles. The highest BCUT2D eigenvalue weighted by Crippen LogP contribution is 2.30. The number of aromatic nitrogens is 2. The lowest BCUT2D eigenvalue weighted by Gasteiger charge is -2.36. The van der Waals surface area contributed by atoms with Crippen molar-refractivity contribution in [1.29, 1.82) is 0 Å². The Bertz CT molecular complexity index is 1310. The first-order chi connectivity index (χ1) is 17.6. The van der Waals surface area contributed by atoms with Gasteiger partial charge >= 0.3 is 0 Å². The molecule has 1 fully saturated rings. The lowest BCUT2D eigenvalue weighted by molar-refractivity contribution is 0.101. The van der Waals surface area contributed by atoms with Crippen LogP contribution in [-0.2, 0) is 6.54 Å². The lowest BCUT2D eigenvalue weighted by atomic mass is 10.1. The third-order valence-corrected chi connectivity index (χ3v) is 6.77. The lowest BCUT2D eigenvalue weighted by Crippen LogP contribution is -2.46. The molecule has 0 unspecified atom stereocenters. The molecule has 7 heteroatoms. The number of hydrogen-bond acceptors (Lipinski definition) is 5. The van der Waals surface area contributed by atoms with Gasteiger partial charge in [0.15, 0.2) is 0 Å². The Balaban J connectivity index is 1.35. The van der Waals surface area contributed by atoms with E-state index in [-0.39, 0.29) is 5.91 Å². The molecule has 0 atom stereocenters. The van der Waals surface area contributed by atoms with E-state index in [4.69, 9.17) is 4.74 Å². The zero-order chi connectivity index (χ0) is 24.9. The van der Waals surface area contributed by atoms with Crippen molar-refractivity contribution in [1.82, 2.24) is 14.6 Å². The van der Waals surface area contributed by atoms with E-state index in [0.717, 1.165) is 61.1 Å². The second-order valence-electron chi connectivity index (χ2n) is 8.95. The van der Waals surface area contributed by atoms with E-state index in [1.165, 1.54) is 5.56 Å². The SMILES string of the molecule is COc1ccccc1N1CCN(Cc2cc(-c3ccccc3)n(NC(=O)c3ccncc3)c2C)CC1. The van der Waals surface area contributed by atoms with Gasteiger partial charge < -0.3 is 9.64 Å². The summed E-state index contributed by atoms with van der Waals surface area (Å²) in [7, 11) is 1.72. The average Bonchev–Trinajstić information content (AvgIpc) is 3.24. The monoisotopic (exact) mass is 481 g/mol. The van der Waals surface area contributed by atoms with Gasteiger partial charge in [-0.3, -0.25) is 24.8 Å². The van der Waals surface area contributed by atoms with Crippen molar-refractivity contribution >= 4 is 11.6 Å². The van der Waals surface area contributed by atoms with Crippen LogP contribution in [-0.4, -0.2) is 53.8 Å². The van der Waals surface area contributed by atoms with Crippen molar-refractivity contribution in [3.63, 3.8) is 0 Å². The van der Waals surface area contributed by atoms with Crippen LogP contribution in [0, 0.1) is 6.92 Å². The minimum Gasteiger partial charge on any atom is -0.495 e. The van der Waals surface area contributed by atoms with Gasteiger partial charge in [0.1, 0.15) is 5.75 Å². The first-order valence-electron chi connectivity index (χ1n) is 12.2. The third-order valence-electron chi connectivity index (χ3n) is 6.77. The van der Waals surface area contributed by atoms with E-state index in [9.17, 15) is 4.79 Å². The van der Waals surface area contributed by atoms with Gasteiger partial charge in [0.2, 0.25) is 0 Å². The maximum Gasteiger partial charge on any atom is 0.270 e. The van der Waals surface area contributed by atoms with Crippen molar-refractivity contribution in [2.45, 2.75) is 13.5 Å². The summed E-state index contributed by atoms with van der Waals surface area (Å²) < 4.78 is 7.48. The summed E-state index contributed by atoms with van der Waals surface area (Å²) in [4.78, 5) is 21.9. The van der Waals surface area contributed by atoms with Gasteiger partial charge in [0.05, 0.1) is 18.5 Å². The fourth-order valence-corrected chi connectivity index (χ4v) is 4.73. The summed E-state index contributed by atoms with van der Waals surface area (Å²) in [6.07, 6.45) is 3.26. The highest BCUT2D eigenvalue weighted by atomic mass is 16.5. The number of hydrogen-bond donors (Lipinski definition) is 1. The molecule has 7 nitrogen and oxygen atoms in total. The number of nitrogens with one attached hydrogen (secondary N) is 1. The molecule has 1 aliphatic heterocycles. The Hall–Kier alpha value is -4.10. The molecular weight excluding hydrogens is 450 g/mol. The number of carbonyl (C=O) groups excluding carboxylic acids is 1. The van der Waals surface area contributed by atoms with Gasteiger partial charge in [-0.2, -0.15) is 0 Å². The summed E-state index contributed by atoms with van der Waals surface area (Å²) in [5.74, 6) is 0.751. The van der Waals surface area contributed by atoms with E-state index in [1.807, 2.05) is 35.0 Å². The van der Waals surface area contributed by atoms with Crippen molar-refractivity contribution < 1.29 is 9.53 Å². The molecule has 5 rings (SSSR count). The van der Waals surface area contributed by atoms with Crippen molar-refractivity contribution in [3.8, 4) is 17.0 Å². The number of amides is 1. The predicted octanol–water partition coefficient (Wildman–Crippen LogP) is 4.57. The standard InChI is InChI=1S/C29H31N5O2/c1-22-25(21-32-16-18-33(19-17-32)26-10-6-7-11-28(26)36-2)20-27(23-8-4-3-5-9-23)34(22)31-29(35)24-12-14-30-15-13-24/h3-15,20H,16-19,21H2,1-2H3,(H,31,35). The Kier molecular flexibility index (Phi) is 7.00. The van der Waals surface area contributed by atoms with Gasteiger partial charge in [0, 0.05) is 61.9 Å². The minimum atomic E-state index is -0.162. The third kappa shape index (κ3) is 4.97. The van der Waals surface area contributed by atoms with Crippen molar-refractivity contribution in [3.05, 3.63) is 102 Å².